The predicted octanol–water partition coefficient (Wildman–Crippen LogP) is 4.58. The van der Waals surface area contributed by atoms with Crippen molar-refractivity contribution in [1.29, 1.82) is 0 Å². The molecule has 1 heterocycles. The van der Waals surface area contributed by atoms with Gasteiger partial charge in [-0.25, -0.2) is 4.98 Å². The molecule has 1 fully saturated rings. The lowest BCUT2D eigenvalue weighted by Crippen LogP contribution is -2.34. The van der Waals surface area contributed by atoms with Crippen LogP contribution in [0.5, 0.6) is 0 Å². The predicted molar refractivity (Wildman–Crippen MR) is 86.1 cm³/mol. The van der Waals surface area contributed by atoms with Crippen LogP contribution in [0.3, 0.4) is 0 Å². The van der Waals surface area contributed by atoms with E-state index in [9.17, 15) is 0 Å². The molecule has 2 nitrogen and oxygen atoms in total. The van der Waals surface area contributed by atoms with Gasteiger partial charge in [-0.3, -0.25) is 0 Å². The smallest absolute Gasteiger partial charge is 0.0966 e. The summed E-state index contributed by atoms with van der Waals surface area (Å²) >= 11 is 1.89. The Hall–Kier alpha value is -1.19. The largest absolute Gasteiger partial charge is 0.307 e. The average molecular weight is 286 g/mol. The number of hydrogen-bond acceptors (Lipinski definition) is 3. The van der Waals surface area contributed by atoms with Gasteiger partial charge in [0.1, 0.15) is 0 Å². The highest BCUT2D eigenvalue weighted by Crippen LogP contribution is 2.44. The number of nitrogens with zero attached hydrogens (tertiary/aromatic N) is 1. The monoisotopic (exact) mass is 286 g/mol. The second-order valence-corrected chi connectivity index (χ2v) is 7.68. The molecule has 0 amide bonds. The Morgan fingerprint density at radius 3 is 2.50 bits per heavy atom. The minimum Gasteiger partial charge on any atom is -0.307 e. The number of rotatable bonds is 4. The SMILES string of the molecule is CC(C)(C)NCc1sc(C2CC2)nc1-c1ccccc1. The number of aromatic nitrogens is 1. The van der Waals surface area contributed by atoms with Crippen molar-refractivity contribution < 1.29 is 0 Å². The van der Waals surface area contributed by atoms with Crippen molar-refractivity contribution in [3.05, 3.63) is 40.2 Å². The van der Waals surface area contributed by atoms with E-state index in [-0.39, 0.29) is 5.54 Å². The lowest BCUT2D eigenvalue weighted by atomic mass is 10.1. The first kappa shape index (κ1) is 13.8. The molecule has 0 aliphatic heterocycles. The molecule has 20 heavy (non-hydrogen) atoms. The van der Waals surface area contributed by atoms with E-state index in [0.29, 0.717) is 0 Å². The summed E-state index contributed by atoms with van der Waals surface area (Å²) in [5.74, 6) is 0.728. The zero-order chi connectivity index (χ0) is 14.2. The van der Waals surface area contributed by atoms with E-state index in [1.54, 1.807) is 0 Å². The molecule has 0 unspecified atom stereocenters. The van der Waals surface area contributed by atoms with Crippen molar-refractivity contribution in [3.63, 3.8) is 0 Å². The maximum atomic E-state index is 4.92. The summed E-state index contributed by atoms with van der Waals surface area (Å²) < 4.78 is 0. The van der Waals surface area contributed by atoms with E-state index in [2.05, 4.69) is 56.4 Å². The standard InChI is InChI=1S/C17H22N2S/c1-17(2,3)18-11-14-15(12-7-5-4-6-8-12)19-16(20-14)13-9-10-13/h4-8,13,18H,9-11H2,1-3H3. The minimum atomic E-state index is 0.137. The first-order valence-corrected chi connectivity index (χ1v) is 8.14. The quantitative estimate of drug-likeness (QED) is 0.890. The van der Waals surface area contributed by atoms with Gasteiger partial charge in [0.25, 0.3) is 0 Å². The zero-order valence-corrected chi connectivity index (χ0v) is 13.3. The molecule has 2 aromatic rings. The Morgan fingerprint density at radius 2 is 1.90 bits per heavy atom. The van der Waals surface area contributed by atoms with E-state index >= 15 is 0 Å². The van der Waals surface area contributed by atoms with Crippen molar-refractivity contribution in [3.8, 4) is 11.3 Å². The third kappa shape index (κ3) is 3.28. The Morgan fingerprint density at radius 1 is 1.20 bits per heavy atom. The van der Waals surface area contributed by atoms with Crippen molar-refractivity contribution in [2.75, 3.05) is 0 Å². The summed E-state index contributed by atoms with van der Waals surface area (Å²) in [5.41, 5.74) is 2.55. The summed E-state index contributed by atoms with van der Waals surface area (Å²) in [6, 6.07) is 10.6. The molecular weight excluding hydrogens is 264 g/mol. The second kappa shape index (κ2) is 5.30. The van der Waals surface area contributed by atoms with Crippen molar-refractivity contribution >= 4 is 11.3 Å². The molecule has 1 aromatic carbocycles. The topological polar surface area (TPSA) is 24.9 Å². The average Bonchev–Trinajstić information content (AvgIpc) is 3.17. The molecule has 1 aliphatic rings. The molecule has 1 aliphatic carbocycles. The van der Waals surface area contributed by atoms with Crippen molar-refractivity contribution in [2.24, 2.45) is 0 Å². The third-order valence-electron chi connectivity index (χ3n) is 3.47. The molecule has 0 radical (unpaired) electrons. The molecule has 1 saturated carbocycles. The molecule has 0 saturated heterocycles. The summed E-state index contributed by atoms with van der Waals surface area (Å²) in [7, 11) is 0. The van der Waals surface area contributed by atoms with Crippen LogP contribution in [0.2, 0.25) is 0 Å². The van der Waals surface area contributed by atoms with Crippen molar-refractivity contribution in [1.82, 2.24) is 10.3 Å². The maximum absolute atomic E-state index is 4.92. The van der Waals surface area contributed by atoms with E-state index in [0.717, 1.165) is 12.5 Å². The molecule has 1 N–H and O–H groups in total. The van der Waals surface area contributed by atoms with Crippen LogP contribution in [0.25, 0.3) is 11.3 Å². The summed E-state index contributed by atoms with van der Waals surface area (Å²) in [4.78, 5) is 6.29. The molecule has 0 spiro atoms. The summed E-state index contributed by atoms with van der Waals surface area (Å²) in [6.07, 6.45) is 2.63. The van der Waals surface area contributed by atoms with Crippen LogP contribution in [0, 0.1) is 0 Å². The van der Waals surface area contributed by atoms with Crippen LogP contribution in [-0.4, -0.2) is 10.5 Å². The molecule has 3 rings (SSSR count). The fraction of sp³-hybridized carbons (Fsp3) is 0.471. The van der Waals surface area contributed by atoms with Gasteiger partial charge in [0, 0.05) is 28.4 Å². The molecule has 3 heteroatoms. The van der Waals surface area contributed by atoms with Crippen LogP contribution in [-0.2, 0) is 6.54 Å². The van der Waals surface area contributed by atoms with Gasteiger partial charge >= 0.3 is 0 Å². The molecular formula is C17H22N2S. The molecule has 106 valence electrons. The van der Waals surface area contributed by atoms with E-state index in [1.165, 1.54) is 34.0 Å². The van der Waals surface area contributed by atoms with Gasteiger partial charge in [0.05, 0.1) is 10.7 Å². The number of thiazole rings is 1. The molecule has 0 bridgehead atoms. The van der Waals surface area contributed by atoms with Crippen LogP contribution in [0.15, 0.2) is 30.3 Å². The van der Waals surface area contributed by atoms with Gasteiger partial charge in [-0.1, -0.05) is 30.3 Å². The Balaban J connectivity index is 1.90. The van der Waals surface area contributed by atoms with Gasteiger partial charge in [-0.2, -0.15) is 0 Å². The van der Waals surface area contributed by atoms with Crippen LogP contribution in [0.4, 0.5) is 0 Å². The first-order valence-electron chi connectivity index (χ1n) is 7.33. The number of hydrogen-bond donors (Lipinski definition) is 1. The molecule has 1 aromatic heterocycles. The first-order chi connectivity index (χ1) is 9.53. The normalized spacial score (nSPS) is 15.6. The highest BCUT2D eigenvalue weighted by Gasteiger charge is 2.28. The Bertz CT molecular complexity index is 577. The number of benzene rings is 1. The van der Waals surface area contributed by atoms with Gasteiger partial charge in [-0.05, 0) is 33.6 Å². The lowest BCUT2D eigenvalue weighted by molar-refractivity contribution is 0.426. The zero-order valence-electron chi connectivity index (χ0n) is 12.4. The summed E-state index contributed by atoms with van der Waals surface area (Å²) in [5, 5.41) is 4.92. The van der Waals surface area contributed by atoms with E-state index in [1.807, 2.05) is 11.3 Å². The fourth-order valence-corrected chi connectivity index (χ4v) is 3.36. The maximum Gasteiger partial charge on any atom is 0.0966 e. The Labute approximate surface area is 125 Å². The van der Waals surface area contributed by atoms with Gasteiger partial charge < -0.3 is 5.32 Å². The van der Waals surface area contributed by atoms with Gasteiger partial charge in [0.2, 0.25) is 0 Å². The summed E-state index contributed by atoms with van der Waals surface area (Å²) in [6.45, 7) is 7.52. The molecule has 0 atom stereocenters. The second-order valence-electron chi connectivity index (χ2n) is 6.57. The van der Waals surface area contributed by atoms with E-state index in [4.69, 9.17) is 4.98 Å². The van der Waals surface area contributed by atoms with E-state index < -0.39 is 0 Å². The minimum absolute atomic E-state index is 0.137. The third-order valence-corrected chi connectivity index (χ3v) is 4.68. The van der Waals surface area contributed by atoms with Crippen molar-refractivity contribution in [2.45, 2.75) is 51.6 Å². The van der Waals surface area contributed by atoms with Crippen LogP contribution >= 0.6 is 11.3 Å². The lowest BCUT2D eigenvalue weighted by Gasteiger charge is -2.20. The van der Waals surface area contributed by atoms with Crippen LogP contribution in [0.1, 0.15) is 49.4 Å². The Kier molecular flexibility index (Phi) is 3.65. The fourth-order valence-electron chi connectivity index (χ4n) is 2.16. The number of nitrogens with one attached hydrogen (secondary N) is 1. The highest BCUT2D eigenvalue weighted by atomic mass is 32.1. The highest BCUT2D eigenvalue weighted by molar-refractivity contribution is 7.12. The van der Waals surface area contributed by atoms with Gasteiger partial charge in [0.15, 0.2) is 0 Å². The van der Waals surface area contributed by atoms with Gasteiger partial charge in [-0.15, -0.1) is 11.3 Å². The van der Waals surface area contributed by atoms with Crippen LogP contribution < -0.4 is 5.32 Å².